The maximum absolute atomic E-state index is 9.29. The molecule has 1 N–H and O–H groups in total. The smallest absolute Gasteiger partial charge is 0.399 e. The first kappa shape index (κ1) is 16.9. The van der Waals surface area contributed by atoms with E-state index in [0.29, 0.717) is 5.56 Å². The first-order chi connectivity index (χ1) is 9.95. The third-order valence-electron chi connectivity index (χ3n) is 4.20. The van der Waals surface area contributed by atoms with Gasteiger partial charge in [-0.1, -0.05) is 6.07 Å². The van der Waals surface area contributed by atoms with Crippen molar-refractivity contribution in [3.63, 3.8) is 0 Å². The molecule has 1 heterocycles. The molecule has 0 saturated carbocycles. The van der Waals surface area contributed by atoms with E-state index in [9.17, 15) is 5.26 Å². The lowest BCUT2D eigenvalue weighted by atomic mass is 9.78. The number of anilines is 1. The van der Waals surface area contributed by atoms with Gasteiger partial charge in [-0.3, -0.25) is 0 Å². The summed E-state index contributed by atoms with van der Waals surface area (Å²) >= 11 is 0. The van der Waals surface area contributed by atoms with Gasteiger partial charge in [0.2, 0.25) is 0 Å². The number of nitrogens with zero attached hydrogens (tertiary/aromatic N) is 1. The Morgan fingerprint density at radius 3 is 2.09 bits per heavy atom. The molecule has 2 rings (SSSR count). The topological polar surface area (TPSA) is 54.3 Å². The van der Waals surface area contributed by atoms with Gasteiger partial charge in [0.05, 0.1) is 22.5 Å². The Balaban J connectivity index is 2.35. The molecule has 0 atom stereocenters. The van der Waals surface area contributed by atoms with Gasteiger partial charge >= 0.3 is 7.12 Å². The lowest BCUT2D eigenvalue weighted by Gasteiger charge is -2.32. The molecule has 1 aliphatic heterocycles. The second-order valence-corrected chi connectivity index (χ2v) is 7.88. The van der Waals surface area contributed by atoms with Crippen molar-refractivity contribution in [3.8, 4) is 6.07 Å². The molecule has 1 aromatic rings. The van der Waals surface area contributed by atoms with Crippen LogP contribution in [-0.2, 0) is 9.31 Å². The van der Waals surface area contributed by atoms with Crippen molar-refractivity contribution >= 4 is 18.3 Å². The van der Waals surface area contributed by atoms with Crippen LogP contribution in [0.1, 0.15) is 54.0 Å². The molecule has 22 heavy (non-hydrogen) atoms. The molecule has 1 saturated heterocycles. The molecular weight excluding hydrogens is 275 g/mol. The highest BCUT2D eigenvalue weighted by Crippen LogP contribution is 2.36. The zero-order valence-corrected chi connectivity index (χ0v) is 14.6. The predicted molar refractivity (Wildman–Crippen MR) is 90.2 cm³/mol. The molecule has 0 radical (unpaired) electrons. The van der Waals surface area contributed by atoms with Crippen LogP contribution in [-0.4, -0.2) is 23.9 Å². The number of rotatable bonds is 2. The normalized spacial score (nSPS) is 19.8. The lowest BCUT2D eigenvalue weighted by Crippen LogP contribution is -2.41. The second-order valence-electron chi connectivity index (χ2n) is 7.88. The van der Waals surface area contributed by atoms with E-state index in [1.54, 1.807) is 0 Å². The lowest BCUT2D eigenvalue weighted by molar-refractivity contribution is 0.00578. The number of nitriles is 1. The minimum Gasteiger partial charge on any atom is -0.399 e. The molecule has 0 spiro atoms. The first-order valence-corrected chi connectivity index (χ1v) is 7.63. The Kier molecular flexibility index (Phi) is 4.06. The van der Waals surface area contributed by atoms with Crippen molar-refractivity contribution in [2.75, 3.05) is 5.32 Å². The van der Waals surface area contributed by atoms with Crippen molar-refractivity contribution in [3.05, 3.63) is 23.8 Å². The fourth-order valence-corrected chi connectivity index (χ4v) is 2.29. The Morgan fingerprint density at radius 2 is 1.64 bits per heavy atom. The van der Waals surface area contributed by atoms with E-state index in [-0.39, 0.29) is 16.7 Å². The molecule has 0 bridgehead atoms. The predicted octanol–water partition coefficient (Wildman–Crippen LogP) is 3.07. The summed E-state index contributed by atoms with van der Waals surface area (Å²) in [6.45, 7) is 14.3. The zero-order valence-electron chi connectivity index (χ0n) is 14.6. The fourth-order valence-electron chi connectivity index (χ4n) is 2.29. The van der Waals surface area contributed by atoms with Gasteiger partial charge in [-0.05, 0) is 66.1 Å². The highest BCUT2D eigenvalue weighted by molar-refractivity contribution is 6.62. The third-order valence-corrected chi connectivity index (χ3v) is 4.20. The van der Waals surface area contributed by atoms with Crippen LogP contribution in [0.15, 0.2) is 18.2 Å². The van der Waals surface area contributed by atoms with Crippen LogP contribution in [0.25, 0.3) is 0 Å². The summed E-state index contributed by atoms with van der Waals surface area (Å²) in [6.07, 6.45) is 0. The summed E-state index contributed by atoms with van der Waals surface area (Å²) < 4.78 is 12.2. The van der Waals surface area contributed by atoms with Gasteiger partial charge in [-0.15, -0.1) is 0 Å². The molecule has 118 valence electrons. The molecule has 1 aromatic carbocycles. The Hall–Kier alpha value is -1.51. The van der Waals surface area contributed by atoms with Crippen LogP contribution in [0.3, 0.4) is 0 Å². The van der Waals surface area contributed by atoms with Crippen molar-refractivity contribution in [2.24, 2.45) is 0 Å². The largest absolute Gasteiger partial charge is 0.494 e. The van der Waals surface area contributed by atoms with Gasteiger partial charge < -0.3 is 14.6 Å². The molecule has 4 nitrogen and oxygen atoms in total. The number of benzene rings is 1. The minimum absolute atomic E-state index is 0.125. The maximum Gasteiger partial charge on any atom is 0.494 e. The van der Waals surface area contributed by atoms with Gasteiger partial charge in [0.15, 0.2) is 0 Å². The van der Waals surface area contributed by atoms with E-state index in [1.807, 2.05) is 45.9 Å². The van der Waals surface area contributed by atoms with Crippen LogP contribution in [0.4, 0.5) is 5.69 Å². The van der Waals surface area contributed by atoms with E-state index in [0.717, 1.165) is 11.2 Å². The van der Waals surface area contributed by atoms with Gasteiger partial charge in [0.1, 0.15) is 6.07 Å². The maximum atomic E-state index is 9.29. The average molecular weight is 300 g/mol. The Morgan fingerprint density at radius 1 is 1.09 bits per heavy atom. The number of hydrogen-bond donors (Lipinski definition) is 1. The monoisotopic (exact) mass is 300 g/mol. The minimum atomic E-state index is -0.418. The van der Waals surface area contributed by atoms with E-state index in [4.69, 9.17) is 9.31 Å². The summed E-state index contributed by atoms with van der Waals surface area (Å²) in [5, 5.41) is 12.7. The van der Waals surface area contributed by atoms with Crippen LogP contribution in [0.5, 0.6) is 0 Å². The summed E-state index contributed by atoms with van der Waals surface area (Å²) in [6, 6.07) is 7.89. The number of hydrogen-bond acceptors (Lipinski definition) is 4. The van der Waals surface area contributed by atoms with Gasteiger partial charge in [0.25, 0.3) is 0 Å². The summed E-state index contributed by atoms with van der Waals surface area (Å²) in [7, 11) is -0.418. The molecule has 0 amide bonds. The zero-order chi connectivity index (χ0) is 16.8. The Labute approximate surface area is 134 Å². The molecule has 0 aliphatic carbocycles. The van der Waals surface area contributed by atoms with Crippen LogP contribution >= 0.6 is 0 Å². The highest BCUT2D eigenvalue weighted by atomic mass is 16.7. The van der Waals surface area contributed by atoms with Gasteiger partial charge in [-0.2, -0.15) is 5.26 Å². The summed E-state index contributed by atoms with van der Waals surface area (Å²) in [5.41, 5.74) is 1.48. The summed E-state index contributed by atoms with van der Waals surface area (Å²) in [4.78, 5) is 0. The van der Waals surface area contributed by atoms with E-state index >= 15 is 0 Å². The molecule has 0 unspecified atom stereocenters. The van der Waals surface area contributed by atoms with E-state index in [2.05, 4.69) is 32.2 Å². The second kappa shape index (κ2) is 5.29. The third kappa shape index (κ3) is 3.29. The Bertz CT molecular complexity index is 596. The molecule has 0 aromatic heterocycles. The van der Waals surface area contributed by atoms with E-state index in [1.165, 1.54) is 0 Å². The van der Waals surface area contributed by atoms with Crippen LogP contribution in [0.2, 0.25) is 0 Å². The van der Waals surface area contributed by atoms with Crippen LogP contribution in [0, 0.1) is 11.3 Å². The van der Waals surface area contributed by atoms with Crippen LogP contribution < -0.4 is 10.8 Å². The SMILES string of the molecule is CC(C)(C)Nc1cc(B2OC(C)(C)C(C)(C)O2)ccc1C#N. The standard InChI is InChI=1S/C17H25BN2O2/c1-15(2,3)20-14-10-13(9-8-12(14)11-19)18-21-16(4,5)17(6,7)22-18/h8-10,20H,1-7H3. The van der Waals surface area contributed by atoms with E-state index < -0.39 is 7.12 Å². The van der Waals surface area contributed by atoms with Gasteiger partial charge in [-0.25, -0.2) is 0 Å². The summed E-state index contributed by atoms with van der Waals surface area (Å²) in [5.74, 6) is 0. The quantitative estimate of drug-likeness (QED) is 0.853. The van der Waals surface area contributed by atoms with Gasteiger partial charge in [0, 0.05) is 5.54 Å². The highest BCUT2D eigenvalue weighted by Gasteiger charge is 2.51. The fraction of sp³-hybridized carbons (Fsp3) is 0.588. The molecule has 5 heteroatoms. The van der Waals surface area contributed by atoms with Crippen molar-refractivity contribution in [1.29, 1.82) is 5.26 Å². The average Bonchev–Trinajstić information content (AvgIpc) is 2.56. The molecular formula is C17H25BN2O2. The molecule has 1 aliphatic rings. The van der Waals surface area contributed by atoms with Crippen molar-refractivity contribution in [1.82, 2.24) is 0 Å². The first-order valence-electron chi connectivity index (χ1n) is 7.63. The molecule has 1 fully saturated rings. The van der Waals surface area contributed by atoms with Crippen molar-refractivity contribution in [2.45, 2.75) is 65.2 Å². The number of nitrogens with one attached hydrogen (secondary N) is 1. The van der Waals surface area contributed by atoms with Crippen molar-refractivity contribution < 1.29 is 9.31 Å².